The van der Waals surface area contributed by atoms with E-state index in [-0.39, 0.29) is 12.3 Å². The Kier molecular flexibility index (Phi) is 5.17. The molecule has 1 aliphatic heterocycles. The number of carbonyl (C=O) groups is 2. The Morgan fingerprint density at radius 3 is 2.65 bits per heavy atom. The molecular formula is C17H14F3N3O2S. The standard InChI is InChI=1S/C17H14F3N3O2S/c18-17(19,20)13-3-1-2-12(10-13)16-23(14(24)6-9-26-16)22-15(25)11-4-7-21-8-5-11/h1-5,7-8,10,16H,6,9H2,(H,22,25). The van der Waals surface area contributed by atoms with Crippen LogP contribution in [0.3, 0.4) is 0 Å². The number of thioether (sulfide) groups is 1. The number of alkyl halides is 3. The van der Waals surface area contributed by atoms with E-state index in [0.29, 0.717) is 16.9 Å². The SMILES string of the molecule is O=C(NN1C(=O)CCSC1c1cccc(C(F)(F)F)c1)c1ccncc1. The minimum atomic E-state index is -4.48. The Hall–Kier alpha value is -2.55. The largest absolute Gasteiger partial charge is 0.416 e. The predicted octanol–water partition coefficient (Wildman–Crippen LogP) is 3.41. The Labute approximate surface area is 151 Å². The van der Waals surface area contributed by atoms with Crippen LogP contribution in [0.25, 0.3) is 0 Å². The molecule has 2 aromatic rings. The Bertz CT molecular complexity index is 814. The Morgan fingerprint density at radius 2 is 1.96 bits per heavy atom. The van der Waals surface area contributed by atoms with Gasteiger partial charge in [0.2, 0.25) is 5.91 Å². The van der Waals surface area contributed by atoms with Gasteiger partial charge in [-0.1, -0.05) is 12.1 Å². The van der Waals surface area contributed by atoms with Crippen molar-refractivity contribution < 1.29 is 22.8 Å². The van der Waals surface area contributed by atoms with Gasteiger partial charge in [-0.3, -0.25) is 20.0 Å². The van der Waals surface area contributed by atoms with Crippen LogP contribution in [0.15, 0.2) is 48.8 Å². The molecule has 0 radical (unpaired) electrons. The van der Waals surface area contributed by atoms with Crippen molar-refractivity contribution in [2.24, 2.45) is 0 Å². The molecule has 1 fully saturated rings. The Balaban J connectivity index is 1.87. The van der Waals surface area contributed by atoms with Gasteiger partial charge in [0, 0.05) is 30.1 Å². The molecule has 1 saturated heterocycles. The second-order valence-electron chi connectivity index (χ2n) is 5.54. The number of nitrogens with one attached hydrogen (secondary N) is 1. The predicted molar refractivity (Wildman–Crippen MR) is 89.8 cm³/mol. The number of hydrazine groups is 1. The maximum atomic E-state index is 13.0. The first-order valence-corrected chi connectivity index (χ1v) is 8.73. The number of carbonyl (C=O) groups excluding carboxylic acids is 2. The normalized spacial score (nSPS) is 17.9. The molecule has 0 saturated carbocycles. The summed E-state index contributed by atoms with van der Waals surface area (Å²) in [5.74, 6) is -0.421. The second kappa shape index (κ2) is 7.36. The minimum absolute atomic E-state index is 0.191. The first-order valence-electron chi connectivity index (χ1n) is 7.68. The number of pyridine rings is 1. The highest BCUT2D eigenvalue weighted by atomic mass is 32.2. The van der Waals surface area contributed by atoms with Crippen LogP contribution in [0.5, 0.6) is 0 Å². The summed E-state index contributed by atoms with van der Waals surface area (Å²) in [4.78, 5) is 28.4. The molecule has 9 heteroatoms. The summed E-state index contributed by atoms with van der Waals surface area (Å²) in [6, 6.07) is 7.74. The molecule has 0 bridgehead atoms. The zero-order valence-corrected chi connectivity index (χ0v) is 14.2. The van der Waals surface area contributed by atoms with Gasteiger partial charge in [-0.2, -0.15) is 13.2 Å². The van der Waals surface area contributed by atoms with Crippen LogP contribution in [0.2, 0.25) is 0 Å². The van der Waals surface area contributed by atoms with Crippen molar-refractivity contribution in [3.05, 3.63) is 65.5 Å². The molecule has 1 unspecified atom stereocenters. The summed E-state index contributed by atoms with van der Waals surface area (Å²) in [7, 11) is 0. The van der Waals surface area contributed by atoms with Crippen LogP contribution in [-0.2, 0) is 11.0 Å². The zero-order chi connectivity index (χ0) is 18.7. The molecule has 3 rings (SSSR count). The maximum absolute atomic E-state index is 13.0. The molecule has 1 aromatic heterocycles. The van der Waals surface area contributed by atoms with E-state index in [9.17, 15) is 22.8 Å². The van der Waals surface area contributed by atoms with Crippen molar-refractivity contribution in [3.8, 4) is 0 Å². The first-order chi connectivity index (χ1) is 12.4. The summed E-state index contributed by atoms with van der Waals surface area (Å²) in [6.07, 6.45) is -1.42. The third-order valence-electron chi connectivity index (χ3n) is 3.76. The molecule has 2 heterocycles. The average molecular weight is 381 g/mol. The molecule has 1 N–H and O–H groups in total. The fraction of sp³-hybridized carbons (Fsp3) is 0.235. The van der Waals surface area contributed by atoms with Gasteiger partial charge in [0.15, 0.2) is 0 Å². The lowest BCUT2D eigenvalue weighted by Gasteiger charge is -2.35. The van der Waals surface area contributed by atoms with E-state index in [1.165, 1.54) is 48.4 Å². The van der Waals surface area contributed by atoms with Gasteiger partial charge < -0.3 is 0 Å². The number of nitrogens with zero attached hydrogens (tertiary/aromatic N) is 2. The van der Waals surface area contributed by atoms with Crippen molar-refractivity contribution in [1.82, 2.24) is 15.4 Å². The average Bonchev–Trinajstić information content (AvgIpc) is 2.63. The molecule has 26 heavy (non-hydrogen) atoms. The van der Waals surface area contributed by atoms with Gasteiger partial charge in [-0.25, -0.2) is 5.01 Å². The zero-order valence-electron chi connectivity index (χ0n) is 13.4. The third kappa shape index (κ3) is 3.98. The van der Waals surface area contributed by atoms with E-state index in [1.54, 1.807) is 0 Å². The van der Waals surface area contributed by atoms with Gasteiger partial charge in [-0.15, -0.1) is 11.8 Å². The van der Waals surface area contributed by atoms with Crippen LogP contribution in [0, 0.1) is 0 Å². The number of halogens is 3. The van der Waals surface area contributed by atoms with E-state index in [0.717, 1.165) is 17.1 Å². The topological polar surface area (TPSA) is 62.3 Å². The van der Waals surface area contributed by atoms with E-state index in [1.807, 2.05) is 0 Å². The van der Waals surface area contributed by atoms with Crippen LogP contribution in [0.1, 0.15) is 33.3 Å². The van der Waals surface area contributed by atoms with Gasteiger partial charge in [0.25, 0.3) is 5.91 Å². The van der Waals surface area contributed by atoms with E-state index in [2.05, 4.69) is 10.4 Å². The number of hydrogen-bond donors (Lipinski definition) is 1. The minimum Gasteiger partial charge on any atom is -0.273 e. The lowest BCUT2D eigenvalue weighted by Crippen LogP contribution is -2.49. The van der Waals surface area contributed by atoms with E-state index in [4.69, 9.17) is 0 Å². The lowest BCUT2D eigenvalue weighted by atomic mass is 10.1. The molecule has 5 nitrogen and oxygen atoms in total. The van der Waals surface area contributed by atoms with Gasteiger partial charge >= 0.3 is 6.18 Å². The highest BCUT2D eigenvalue weighted by Gasteiger charge is 2.35. The number of aromatic nitrogens is 1. The molecule has 136 valence electrons. The molecule has 1 atom stereocenters. The Morgan fingerprint density at radius 1 is 1.23 bits per heavy atom. The molecule has 0 spiro atoms. The highest BCUT2D eigenvalue weighted by Crippen LogP contribution is 2.38. The molecular weight excluding hydrogens is 367 g/mol. The van der Waals surface area contributed by atoms with Gasteiger partial charge in [0.05, 0.1) is 5.56 Å². The number of rotatable bonds is 3. The fourth-order valence-corrected chi connectivity index (χ4v) is 3.67. The number of amides is 2. The van der Waals surface area contributed by atoms with Gasteiger partial charge in [-0.05, 0) is 29.8 Å². The summed E-state index contributed by atoms with van der Waals surface area (Å²) < 4.78 is 38.9. The highest BCUT2D eigenvalue weighted by molar-refractivity contribution is 7.99. The fourth-order valence-electron chi connectivity index (χ4n) is 2.50. The summed E-state index contributed by atoms with van der Waals surface area (Å²) in [6.45, 7) is 0. The molecule has 2 amide bonds. The van der Waals surface area contributed by atoms with Crippen molar-refractivity contribution in [3.63, 3.8) is 0 Å². The van der Waals surface area contributed by atoms with Crippen LogP contribution < -0.4 is 5.43 Å². The van der Waals surface area contributed by atoms with Crippen molar-refractivity contribution in [1.29, 1.82) is 0 Å². The maximum Gasteiger partial charge on any atom is 0.416 e. The van der Waals surface area contributed by atoms with E-state index >= 15 is 0 Å². The van der Waals surface area contributed by atoms with Crippen LogP contribution in [-0.4, -0.2) is 27.6 Å². The van der Waals surface area contributed by atoms with Crippen LogP contribution >= 0.6 is 11.8 Å². The van der Waals surface area contributed by atoms with Crippen LogP contribution in [0.4, 0.5) is 13.2 Å². The summed E-state index contributed by atoms with van der Waals surface area (Å²) in [5, 5.41) is 0.371. The molecule has 1 aliphatic rings. The van der Waals surface area contributed by atoms with Gasteiger partial charge in [0.1, 0.15) is 5.37 Å². The smallest absolute Gasteiger partial charge is 0.273 e. The lowest BCUT2D eigenvalue weighted by molar-refractivity contribution is -0.137. The summed E-state index contributed by atoms with van der Waals surface area (Å²) in [5.41, 5.74) is 2.31. The van der Waals surface area contributed by atoms with Crippen molar-refractivity contribution in [2.45, 2.75) is 18.0 Å². The molecule has 0 aliphatic carbocycles. The number of benzene rings is 1. The van der Waals surface area contributed by atoms with Crippen molar-refractivity contribution >= 4 is 23.6 Å². The summed E-state index contributed by atoms with van der Waals surface area (Å²) >= 11 is 1.30. The molecule has 1 aromatic carbocycles. The second-order valence-corrected chi connectivity index (χ2v) is 6.73. The van der Waals surface area contributed by atoms with E-state index < -0.39 is 23.0 Å². The first kappa shape index (κ1) is 18.2. The monoisotopic (exact) mass is 381 g/mol. The van der Waals surface area contributed by atoms with Crippen molar-refractivity contribution in [2.75, 3.05) is 5.75 Å². The third-order valence-corrected chi connectivity index (χ3v) is 5.00. The quantitative estimate of drug-likeness (QED) is 0.885. The number of hydrogen-bond acceptors (Lipinski definition) is 4.